The van der Waals surface area contributed by atoms with Crippen molar-refractivity contribution in [2.45, 2.75) is 84.1 Å². The summed E-state index contributed by atoms with van der Waals surface area (Å²) in [6.07, 6.45) is 2.08. The minimum absolute atomic E-state index is 0.0664. The lowest BCUT2D eigenvalue weighted by atomic mass is 9.45. The number of aliphatic hydroxyl groups excluding tert-OH is 1. The summed E-state index contributed by atoms with van der Waals surface area (Å²) >= 11 is 6.06. The van der Waals surface area contributed by atoms with Crippen molar-refractivity contribution in [2.24, 2.45) is 34.5 Å². The first-order valence-corrected chi connectivity index (χ1v) is 13.2. The van der Waals surface area contributed by atoms with Crippen LogP contribution in [0.25, 0.3) is 0 Å². The van der Waals surface area contributed by atoms with Gasteiger partial charge in [0, 0.05) is 34.7 Å². The van der Waals surface area contributed by atoms with Gasteiger partial charge < -0.3 is 9.84 Å². The lowest BCUT2D eigenvalue weighted by molar-refractivity contribution is -0.204. The number of Topliss-reactive ketones (excluding diaryl/α,β-unsaturated/α-hetero) is 1. The van der Waals surface area contributed by atoms with Crippen LogP contribution in [-0.2, 0) is 19.1 Å². The van der Waals surface area contributed by atoms with E-state index in [4.69, 9.17) is 16.3 Å². The molecule has 3 saturated carbocycles. The van der Waals surface area contributed by atoms with Crippen molar-refractivity contribution < 1.29 is 33.0 Å². The Bertz CT molecular complexity index is 994. The summed E-state index contributed by atoms with van der Waals surface area (Å²) in [5.74, 6) is -4.73. The number of carbonyl (C=O) groups excluding carboxylic acids is 3. The maximum absolute atomic E-state index is 15.6. The average Bonchev–Trinajstić information content (AvgIpc) is 3.01. The average molecular weight is 513 g/mol. The number of hydrogen-bond donors (Lipinski definition) is 1. The monoisotopic (exact) mass is 512 g/mol. The van der Waals surface area contributed by atoms with Crippen LogP contribution in [0, 0.1) is 34.5 Å². The van der Waals surface area contributed by atoms with Crippen LogP contribution in [0.2, 0.25) is 0 Å². The standard InChI is InChI=1S/C27H35ClF2O5/c1-5-6-7-21(34)35-27(20(33)13-28)14(2)10-16-15-11-17(29)23-24(30)18(31)8-9-25(23,3)22(15)19(32)12-26(16,27)4/h8-9,14-17,19,22,32H,5-7,10-13H2,1-4H3/t14-,15-,16-,17-,19-,22+,25+,26-,27+/m0/s1. The van der Waals surface area contributed by atoms with Gasteiger partial charge >= 0.3 is 5.97 Å². The molecule has 0 aliphatic heterocycles. The van der Waals surface area contributed by atoms with Crippen molar-refractivity contribution in [1.29, 1.82) is 0 Å². The first-order chi connectivity index (χ1) is 16.4. The highest BCUT2D eigenvalue weighted by molar-refractivity contribution is 6.29. The second-order valence-electron chi connectivity index (χ2n) is 11.4. The van der Waals surface area contributed by atoms with Crippen LogP contribution in [0.3, 0.4) is 0 Å². The molecule has 0 aromatic carbocycles. The molecular weight excluding hydrogens is 478 g/mol. The maximum Gasteiger partial charge on any atom is 0.306 e. The van der Waals surface area contributed by atoms with Gasteiger partial charge in [-0.3, -0.25) is 14.4 Å². The number of rotatable bonds is 6. The van der Waals surface area contributed by atoms with Gasteiger partial charge in [-0.2, -0.15) is 0 Å². The molecular formula is C27H35ClF2O5. The number of halogens is 3. The van der Waals surface area contributed by atoms with E-state index in [0.717, 1.165) is 12.5 Å². The lowest BCUT2D eigenvalue weighted by Crippen LogP contribution is -2.64. The van der Waals surface area contributed by atoms with Crippen molar-refractivity contribution >= 4 is 29.1 Å². The highest BCUT2D eigenvalue weighted by atomic mass is 35.5. The van der Waals surface area contributed by atoms with Crippen LogP contribution in [0.5, 0.6) is 0 Å². The number of fused-ring (bicyclic) bond motifs is 5. The number of esters is 1. The third-order valence-electron chi connectivity index (χ3n) is 9.64. The molecule has 0 aromatic rings. The number of unbranched alkanes of at least 4 members (excludes halogenated alkanes) is 1. The number of ether oxygens (including phenoxy) is 1. The smallest absolute Gasteiger partial charge is 0.306 e. The second-order valence-corrected chi connectivity index (χ2v) is 11.7. The van der Waals surface area contributed by atoms with Crippen molar-refractivity contribution in [3.8, 4) is 0 Å². The molecule has 0 radical (unpaired) electrons. The van der Waals surface area contributed by atoms with Gasteiger partial charge in [0.1, 0.15) is 6.17 Å². The molecule has 1 N–H and O–H groups in total. The lowest BCUT2D eigenvalue weighted by Gasteiger charge is -2.60. The molecule has 4 aliphatic carbocycles. The highest BCUT2D eigenvalue weighted by Crippen LogP contribution is 2.69. The van der Waals surface area contributed by atoms with Gasteiger partial charge in [0.25, 0.3) is 0 Å². The van der Waals surface area contributed by atoms with Gasteiger partial charge in [0.05, 0.1) is 12.0 Å². The first kappa shape index (κ1) is 26.5. The Hall–Kier alpha value is -1.60. The summed E-state index contributed by atoms with van der Waals surface area (Å²) in [7, 11) is 0. The van der Waals surface area contributed by atoms with Gasteiger partial charge in [0.2, 0.25) is 5.78 Å². The quantitative estimate of drug-likeness (QED) is 0.398. The summed E-state index contributed by atoms with van der Waals surface area (Å²) in [6, 6.07) is 0. The molecule has 5 nitrogen and oxygen atoms in total. The summed E-state index contributed by atoms with van der Waals surface area (Å²) in [4.78, 5) is 38.3. The van der Waals surface area contributed by atoms with Gasteiger partial charge in [-0.15, -0.1) is 11.6 Å². The van der Waals surface area contributed by atoms with Crippen LogP contribution < -0.4 is 0 Å². The molecule has 0 saturated heterocycles. The molecule has 194 valence electrons. The van der Waals surface area contributed by atoms with Gasteiger partial charge in [-0.1, -0.05) is 40.2 Å². The summed E-state index contributed by atoms with van der Waals surface area (Å²) in [6.45, 7) is 7.33. The first-order valence-electron chi connectivity index (χ1n) is 12.7. The van der Waals surface area contributed by atoms with E-state index in [9.17, 15) is 23.9 Å². The van der Waals surface area contributed by atoms with E-state index < -0.39 is 63.9 Å². The van der Waals surface area contributed by atoms with E-state index in [2.05, 4.69) is 0 Å². The molecule has 4 rings (SSSR count). The number of allylic oxidation sites excluding steroid dienone is 4. The fourth-order valence-electron chi connectivity index (χ4n) is 8.27. The summed E-state index contributed by atoms with van der Waals surface area (Å²) < 4.78 is 36.5. The van der Waals surface area contributed by atoms with E-state index in [1.165, 1.54) is 6.08 Å². The third kappa shape index (κ3) is 3.58. The fraction of sp³-hybridized carbons (Fsp3) is 0.741. The number of alkyl halides is 2. The molecule has 9 atom stereocenters. The Morgan fingerprint density at radius 3 is 2.60 bits per heavy atom. The fourth-order valence-corrected chi connectivity index (χ4v) is 8.47. The van der Waals surface area contributed by atoms with Crippen LogP contribution in [-0.4, -0.2) is 46.4 Å². The number of ketones is 2. The number of aliphatic hydroxyl groups is 1. The van der Waals surface area contributed by atoms with E-state index >= 15 is 4.39 Å². The molecule has 0 heterocycles. The van der Waals surface area contributed by atoms with Gasteiger partial charge in [-0.05, 0) is 43.6 Å². The Morgan fingerprint density at radius 2 is 1.97 bits per heavy atom. The van der Waals surface area contributed by atoms with Crippen LogP contribution in [0.1, 0.15) is 66.2 Å². The molecule has 3 fully saturated rings. The van der Waals surface area contributed by atoms with E-state index in [-0.39, 0.29) is 42.6 Å². The Labute approximate surface area is 210 Å². The highest BCUT2D eigenvalue weighted by Gasteiger charge is 2.73. The van der Waals surface area contributed by atoms with Crippen LogP contribution in [0.15, 0.2) is 23.6 Å². The van der Waals surface area contributed by atoms with Crippen molar-refractivity contribution in [3.63, 3.8) is 0 Å². The van der Waals surface area contributed by atoms with E-state index in [0.29, 0.717) is 12.8 Å². The molecule has 4 aliphatic rings. The predicted octanol–water partition coefficient (Wildman–Crippen LogP) is 5.04. The Balaban J connectivity index is 1.80. The van der Waals surface area contributed by atoms with E-state index in [1.807, 2.05) is 20.8 Å². The maximum atomic E-state index is 15.6. The van der Waals surface area contributed by atoms with E-state index in [1.54, 1.807) is 6.92 Å². The molecule has 0 aromatic heterocycles. The summed E-state index contributed by atoms with van der Waals surface area (Å²) in [5, 5.41) is 11.5. The molecule has 8 heteroatoms. The minimum atomic E-state index is -1.69. The van der Waals surface area contributed by atoms with Crippen LogP contribution >= 0.6 is 11.6 Å². The zero-order valence-electron chi connectivity index (χ0n) is 20.8. The second kappa shape index (κ2) is 9.05. The van der Waals surface area contributed by atoms with Crippen LogP contribution in [0.4, 0.5) is 8.78 Å². The minimum Gasteiger partial charge on any atom is -0.450 e. The normalized spacial score (nSPS) is 44.5. The van der Waals surface area contributed by atoms with Crippen molar-refractivity contribution in [3.05, 3.63) is 23.6 Å². The Kier molecular flexibility index (Phi) is 6.85. The molecule has 0 amide bonds. The zero-order chi connectivity index (χ0) is 25.9. The molecule has 0 unspecified atom stereocenters. The number of carbonyl (C=O) groups is 3. The van der Waals surface area contributed by atoms with Gasteiger partial charge in [0.15, 0.2) is 17.2 Å². The third-order valence-corrected chi connectivity index (χ3v) is 9.88. The molecule has 0 bridgehead atoms. The Morgan fingerprint density at radius 1 is 1.29 bits per heavy atom. The van der Waals surface area contributed by atoms with Crippen molar-refractivity contribution in [1.82, 2.24) is 0 Å². The molecule has 0 spiro atoms. The van der Waals surface area contributed by atoms with Gasteiger partial charge in [-0.25, -0.2) is 8.78 Å². The topological polar surface area (TPSA) is 80.7 Å². The number of hydrogen-bond acceptors (Lipinski definition) is 5. The largest absolute Gasteiger partial charge is 0.450 e. The summed E-state index contributed by atoms with van der Waals surface area (Å²) in [5.41, 5.74) is -3.84. The van der Waals surface area contributed by atoms with Crippen molar-refractivity contribution in [2.75, 3.05) is 5.88 Å². The SMILES string of the molecule is CCCCC(=O)O[C@@]1(C(=O)CCl)[C@@H](C)C[C@H]2[C@@H]3C[C@H](F)C4=C(F)C(=O)C=C[C@]4(C)[C@H]3[C@@H](O)C[C@@]21C. The zero-order valence-corrected chi connectivity index (χ0v) is 21.5. The molecule has 35 heavy (non-hydrogen) atoms. The predicted molar refractivity (Wildman–Crippen MR) is 127 cm³/mol.